The Balaban J connectivity index is 1.81. The lowest BCUT2D eigenvalue weighted by molar-refractivity contribution is -0.115. The average Bonchev–Trinajstić information content (AvgIpc) is 2.70. The lowest BCUT2D eigenvalue weighted by Gasteiger charge is -2.26. The minimum absolute atomic E-state index is 0.0120. The maximum Gasteiger partial charge on any atom is 0.246 e. The van der Waals surface area contributed by atoms with Crippen molar-refractivity contribution in [3.8, 4) is 5.75 Å². The molecule has 0 aliphatic carbocycles. The number of hydrogen-bond acceptors (Lipinski definition) is 5. The van der Waals surface area contributed by atoms with Gasteiger partial charge in [-0.3, -0.25) is 4.79 Å². The van der Waals surface area contributed by atoms with Crippen molar-refractivity contribution in [3.63, 3.8) is 0 Å². The Morgan fingerprint density at radius 2 is 1.97 bits per heavy atom. The van der Waals surface area contributed by atoms with Gasteiger partial charge in [-0.05, 0) is 35.9 Å². The Morgan fingerprint density at radius 3 is 2.62 bits per heavy atom. The molecule has 1 saturated heterocycles. The summed E-state index contributed by atoms with van der Waals surface area (Å²) in [7, 11) is -2.42. The highest BCUT2D eigenvalue weighted by Crippen LogP contribution is 2.29. The van der Waals surface area contributed by atoms with Crippen LogP contribution in [0.5, 0.6) is 5.75 Å². The molecule has 156 valence electrons. The van der Waals surface area contributed by atoms with Crippen LogP contribution in [0, 0.1) is 5.82 Å². The molecule has 1 aliphatic heterocycles. The van der Waals surface area contributed by atoms with Crippen molar-refractivity contribution in [2.24, 2.45) is 0 Å². The van der Waals surface area contributed by atoms with Crippen LogP contribution in [0.2, 0.25) is 0 Å². The van der Waals surface area contributed by atoms with Gasteiger partial charge in [0.15, 0.2) is 0 Å². The molecule has 0 unspecified atom stereocenters. The van der Waals surface area contributed by atoms with Crippen LogP contribution in [0.1, 0.15) is 5.56 Å². The predicted octanol–water partition coefficient (Wildman–Crippen LogP) is 2.80. The van der Waals surface area contributed by atoms with Gasteiger partial charge in [-0.2, -0.15) is 4.31 Å². The van der Waals surface area contributed by atoms with E-state index >= 15 is 0 Å². The quantitative estimate of drug-likeness (QED) is 0.678. The van der Waals surface area contributed by atoms with Crippen LogP contribution in [0.15, 0.2) is 45.8 Å². The molecule has 0 aromatic heterocycles. The number of benzene rings is 2. The SMILES string of the molecule is COc1ccc(CC(=O)Nc2ccc(Br)cc2F)cc1S(=O)(=O)N1CCOCC1. The number of carbonyl (C=O) groups is 1. The van der Waals surface area contributed by atoms with E-state index in [1.165, 1.54) is 35.7 Å². The van der Waals surface area contributed by atoms with E-state index in [9.17, 15) is 17.6 Å². The summed E-state index contributed by atoms with van der Waals surface area (Å²) in [6, 6.07) is 8.83. The van der Waals surface area contributed by atoms with E-state index in [0.717, 1.165) is 0 Å². The molecule has 1 amide bonds. The second-order valence-corrected chi connectivity index (χ2v) is 9.17. The largest absolute Gasteiger partial charge is 0.495 e. The minimum Gasteiger partial charge on any atom is -0.495 e. The van der Waals surface area contributed by atoms with Gasteiger partial charge in [-0.25, -0.2) is 12.8 Å². The second kappa shape index (κ2) is 9.21. The number of hydrogen-bond donors (Lipinski definition) is 1. The normalized spacial score (nSPS) is 15.1. The third kappa shape index (κ3) is 5.13. The molecule has 3 rings (SSSR count). The monoisotopic (exact) mass is 486 g/mol. The number of amides is 1. The van der Waals surface area contributed by atoms with E-state index in [1.54, 1.807) is 12.1 Å². The van der Waals surface area contributed by atoms with Gasteiger partial charge in [0.05, 0.1) is 32.4 Å². The summed E-state index contributed by atoms with van der Waals surface area (Å²) >= 11 is 3.16. The van der Waals surface area contributed by atoms with Crippen LogP contribution >= 0.6 is 15.9 Å². The van der Waals surface area contributed by atoms with Gasteiger partial charge >= 0.3 is 0 Å². The van der Waals surface area contributed by atoms with Crippen LogP contribution in [0.25, 0.3) is 0 Å². The molecule has 2 aromatic carbocycles. The summed E-state index contributed by atoms with van der Waals surface area (Å²) in [5, 5.41) is 2.49. The topological polar surface area (TPSA) is 84.9 Å². The Bertz CT molecular complexity index is 1010. The molecule has 2 aromatic rings. The van der Waals surface area contributed by atoms with Crippen molar-refractivity contribution in [2.45, 2.75) is 11.3 Å². The molecule has 0 atom stereocenters. The second-order valence-electron chi connectivity index (χ2n) is 6.35. The van der Waals surface area contributed by atoms with Crippen molar-refractivity contribution in [1.82, 2.24) is 4.31 Å². The van der Waals surface area contributed by atoms with E-state index in [2.05, 4.69) is 21.2 Å². The third-order valence-electron chi connectivity index (χ3n) is 4.39. The number of nitrogens with zero attached hydrogens (tertiary/aromatic N) is 1. The molecule has 7 nitrogen and oxygen atoms in total. The Kier molecular flexibility index (Phi) is 6.89. The number of anilines is 1. The lowest BCUT2D eigenvalue weighted by Crippen LogP contribution is -2.40. The number of nitrogens with one attached hydrogen (secondary N) is 1. The first-order valence-electron chi connectivity index (χ1n) is 8.81. The summed E-state index contributed by atoms with van der Waals surface area (Å²) in [6.45, 7) is 1.14. The number of sulfonamides is 1. The first-order valence-corrected chi connectivity index (χ1v) is 11.0. The summed E-state index contributed by atoms with van der Waals surface area (Å²) in [6.07, 6.45) is -0.120. The number of carbonyl (C=O) groups excluding carboxylic acids is 1. The molecule has 1 heterocycles. The van der Waals surface area contributed by atoms with Gasteiger partial charge in [0.1, 0.15) is 16.5 Å². The molecule has 0 saturated carbocycles. The first kappa shape index (κ1) is 21.7. The van der Waals surface area contributed by atoms with Gasteiger partial charge in [0.25, 0.3) is 0 Å². The summed E-state index contributed by atoms with van der Waals surface area (Å²) in [4.78, 5) is 12.3. The van der Waals surface area contributed by atoms with Gasteiger partial charge < -0.3 is 14.8 Å². The molecular weight excluding hydrogens is 467 g/mol. The number of halogens is 2. The summed E-state index contributed by atoms with van der Waals surface area (Å²) < 4.78 is 52.2. The van der Waals surface area contributed by atoms with E-state index in [0.29, 0.717) is 23.2 Å². The average molecular weight is 487 g/mol. The molecule has 1 aliphatic rings. The van der Waals surface area contributed by atoms with Crippen molar-refractivity contribution in [3.05, 3.63) is 52.3 Å². The number of rotatable bonds is 6. The standard InChI is InChI=1S/C19H20BrFN2O5S/c1-27-17-5-2-13(10-18(17)29(25,26)23-6-8-28-9-7-23)11-19(24)22-16-4-3-14(20)12-15(16)21/h2-5,10,12H,6-9,11H2,1H3,(H,22,24). The fraction of sp³-hybridized carbons (Fsp3) is 0.316. The Morgan fingerprint density at radius 1 is 1.24 bits per heavy atom. The minimum atomic E-state index is -3.80. The van der Waals surface area contributed by atoms with Gasteiger partial charge in [-0.1, -0.05) is 22.0 Å². The van der Waals surface area contributed by atoms with Crippen molar-refractivity contribution in [2.75, 3.05) is 38.7 Å². The van der Waals surface area contributed by atoms with E-state index in [4.69, 9.17) is 9.47 Å². The lowest BCUT2D eigenvalue weighted by atomic mass is 10.1. The van der Waals surface area contributed by atoms with Crippen LogP contribution in [0.4, 0.5) is 10.1 Å². The third-order valence-corrected chi connectivity index (χ3v) is 6.80. The zero-order valence-corrected chi connectivity index (χ0v) is 18.1. The van der Waals surface area contributed by atoms with Crippen molar-refractivity contribution >= 4 is 37.5 Å². The summed E-state index contributed by atoms with van der Waals surface area (Å²) in [5.41, 5.74) is 0.514. The molecule has 29 heavy (non-hydrogen) atoms. The zero-order chi connectivity index (χ0) is 21.0. The van der Waals surface area contributed by atoms with E-state index < -0.39 is 21.7 Å². The van der Waals surface area contributed by atoms with Crippen LogP contribution < -0.4 is 10.1 Å². The molecular formula is C19H20BrFN2O5S. The zero-order valence-electron chi connectivity index (χ0n) is 15.7. The van der Waals surface area contributed by atoms with Crippen LogP contribution in [0.3, 0.4) is 0 Å². The smallest absolute Gasteiger partial charge is 0.246 e. The molecule has 0 bridgehead atoms. The van der Waals surface area contributed by atoms with Crippen molar-refractivity contribution in [1.29, 1.82) is 0 Å². The maximum absolute atomic E-state index is 13.9. The molecule has 1 N–H and O–H groups in total. The van der Waals surface area contributed by atoms with Gasteiger partial charge in [-0.15, -0.1) is 0 Å². The molecule has 1 fully saturated rings. The molecule has 0 spiro atoms. The fourth-order valence-corrected chi connectivity index (χ4v) is 4.88. The highest BCUT2D eigenvalue weighted by atomic mass is 79.9. The Labute approximate surface area is 177 Å². The van der Waals surface area contributed by atoms with Gasteiger partial charge in [0, 0.05) is 17.6 Å². The maximum atomic E-state index is 13.9. The highest BCUT2D eigenvalue weighted by molar-refractivity contribution is 9.10. The molecule has 0 radical (unpaired) electrons. The predicted molar refractivity (Wildman–Crippen MR) is 109 cm³/mol. The van der Waals surface area contributed by atoms with E-state index in [1.807, 2.05) is 0 Å². The number of methoxy groups -OCH3 is 1. The van der Waals surface area contributed by atoms with Crippen LogP contribution in [-0.2, 0) is 26.0 Å². The number of morpholine rings is 1. The van der Waals surface area contributed by atoms with E-state index in [-0.39, 0.29) is 35.8 Å². The summed E-state index contributed by atoms with van der Waals surface area (Å²) in [5.74, 6) is -0.844. The fourth-order valence-electron chi connectivity index (χ4n) is 2.93. The van der Waals surface area contributed by atoms with Gasteiger partial charge in [0.2, 0.25) is 15.9 Å². The number of ether oxygens (including phenoxy) is 2. The van der Waals surface area contributed by atoms with Crippen LogP contribution in [-0.4, -0.2) is 52.0 Å². The molecule has 10 heteroatoms. The first-order chi connectivity index (χ1) is 13.8. The Hall–Kier alpha value is -2.01. The van der Waals surface area contributed by atoms with Crippen molar-refractivity contribution < 1.29 is 27.1 Å². The highest BCUT2D eigenvalue weighted by Gasteiger charge is 2.29.